The molecule has 4 aromatic rings. The summed E-state index contributed by atoms with van der Waals surface area (Å²) in [4.78, 5) is 0. The number of benzene rings is 4. The monoisotopic (exact) mass is 903 g/mol. The first-order valence-corrected chi connectivity index (χ1v) is 25.5. The lowest BCUT2D eigenvalue weighted by molar-refractivity contribution is -0.0205. The fourth-order valence-corrected chi connectivity index (χ4v) is 18.3. The Morgan fingerprint density at radius 3 is 0.873 bits per heavy atom. The van der Waals surface area contributed by atoms with Gasteiger partial charge in [-0.1, -0.05) is 34.8 Å². The van der Waals surface area contributed by atoms with Crippen LogP contribution in [0.2, 0.25) is 15.1 Å². The van der Waals surface area contributed by atoms with Crippen LogP contribution in [0.25, 0.3) is 0 Å². The van der Waals surface area contributed by atoms with E-state index in [1.807, 2.05) is 54.6 Å². The summed E-state index contributed by atoms with van der Waals surface area (Å²) in [6, 6.07) is 17.3. The predicted molar refractivity (Wildman–Crippen MR) is 254 cm³/mol. The van der Waals surface area contributed by atoms with E-state index >= 15 is 0 Å². The van der Waals surface area contributed by atoms with Gasteiger partial charge in [0, 0.05) is 51.1 Å². The summed E-state index contributed by atoms with van der Waals surface area (Å²) in [5.74, 6) is 11.0. The zero-order valence-corrected chi connectivity index (χ0v) is 38.5. The topological polar surface area (TPSA) is 106 Å². The Labute approximate surface area is 387 Å². The smallest absolute Gasteiger partial charge is 0.177 e. The number of hydrogen-bond acceptors (Lipinski definition) is 6. The van der Waals surface area contributed by atoms with Crippen LogP contribution in [0.4, 0.5) is 17.1 Å². The van der Waals surface area contributed by atoms with Crippen molar-refractivity contribution in [2.45, 2.75) is 132 Å². The molecule has 0 radical (unpaired) electrons. The number of ether oxygens (including phenoxy) is 3. The molecule has 9 heteroatoms. The van der Waals surface area contributed by atoms with Crippen LogP contribution in [0.3, 0.4) is 0 Å². The minimum absolute atomic E-state index is 0.0582. The van der Waals surface area contributed by atoms with Crippen molar-refractivity contribution in [3.63, 3.8) is 0 Å². The number of anilines is 3. The van der Waals surface area contributed by atoms with Crippen LogP contribution in [-0.4, -0.2) is 0 Å². The Morgan fingerprint density at radius 1 is 0.349 bits per heavy atom. The molecule has 12 aliphatic carbocycles. The standard InChI is InChI=1S/C54H60Cl3N3O3/c55-40-16-37(1-4-43(40)58)61-49-46(52-19-28-7-29(20-52)9-30(8-28)21-52)47(53-22-31-10-32(23-53)12-33(11-31)24-53)50(62-38-2-5-44(59)41(56)17-38)51(63-39-3-6-45(60)42(57)18-39)48(49)54-25-34-13-35(26-54)15-36(14-34)27-54/h1-6,16-18,28-36H,7-15,19-27,58-60H2. The SMILES string of the molecule is Nc1ccc(Oc2c(Oc3ccc(N)c(Cl)c3)c(C34CC5CC(CC(C5)C3)C4)c(C34CC5CC(CC(C5)C3)C4)c(Oc3ccc(N)c(Cl)c3)c2C23CC4CC(CC(C4)C2)C3)cc1Cl. The molecule has 330 valence electrons. The first-order chi connectivity index (χ1) is 30.4. The lowest BCUT2D eigenvalue weighted by atomic mass is 9.43. The Hall–Kier alpha value is -3.45. The predicted octanol–water partition coefficient (Wildman–Crippen LogP) is 15.2. The molecule has 0 heterocycles. The second kappa shape index (κ2) is 14.3. The molecule has 4 aromatic carbocycles. The van der Waals surface area contributed by atoms with Crippen molar-refractivity contribution in [1.29, 1.82) is 0 Å². The van der Waals surface area contributed by atoms with Gasteiger partial charge in [0.1, 0.15) is 23.0 Å². The Kier molecular flexibility index (Phi) is 9.04. The molecule has 0 aliphatic heterocycles. The molecule has 12 aliphatic rings. The van der Waals surface area contributed by atoms with Crippen LogP contribution in [-0.2, 0) is 16.2 Å². The fourth-order valence-electron chi connectivity index (χ4n) is 17.8. The van der Waals surface area contributed by atoms with E-state index < -0.39 is 0 Å². The van der Waals surface area contributed by atoms with Gasteiger partial charge in [0.05, 0.1) is 32.1 Å². The van der Waals surface area contributed by atoms with E-state index in [-0.39, 0.29) is 16.2 Å². The second-order valence-corrected chi connectivity index (χ2v) is 24.3. The summed E-state index contributed by atoms with van der Waals surface area (Å²) in [6.07, 6.45) is 22.4. The normalized spacial score (nSPS) is 37.5. The van der Waals surface area contributed by atoms with E-state index in [0.717, 1.165) is 79.3 Å². The van der Waals surface area contributed by atoms with Gasteiger partial charge in [-0.05, 0) is 205 Å². The summed E-state index contributed by atoms with van der Waals surface area (Å²) in [5, 5.41) is 1.46. The van der Waals surface area contributed by atoms with Crippen molar-refractivity contribution >= 4 is 51.9 Å². The summed E-state index contributed by atoms with van der Waals surface area (Å²) in [5.41, 5.74) is 24.5. The molecular weight excluding hydrogens is 845 g/mol. The van der Waals surface area contributed by atoms with Crippen LogP contribution in [0.5, 0.6) is 34.5 Å². The molecule has 6 N–H and O–H groups in total. The van der Waals surface area contributed by atoms with E-state index in [0.29, 0.717) is 79.1 Å². The second-order valence-electron chi connectivity index (χ2n) is 23.1. The van der Waals surface area contributed by atoms with Gasteiger partial charge in [-0.15, -0.1) is 0 Å². The van der Waals surface area contributed by atoms with Crippen LogP contribution >= 0.6 is 34.8 Å². The fraction of sp³-hybridized carbons (Fsp3) is 0.556. The number of nitrogens with two attached hydrogens (primary N) is 3. The highest BCUT2D eigenvalue weighted by molar-refractivity contribution is 6.33. The lowest BCUT2D eigenvalue weighted by Gasteiger charge is -2.62. The van der Waals surface area contributed by atoms with Crippen molar-refractivity contribution in [1.82, 2.24) is 0 Å². The maximum absolute atomic E-state index is 7.86. The van der Waals surface area contributed by atoms with Crippen molar-refractivity contribution in [3.05, 3.63) is 86.4 Å². The van der Waals surface area contributed by atoms with Gasteiger partial charge in [-0.25, -0.2) is 0 Å². The molecule has 6 nitrogen and oxygen atoms in total. The molecule has 12 fully saturated rings. The van der Waals surface area contributed by atoms with Crippen LogP contribution in [0.15, 0.2) is 54.6 Å². The number of halogens is 3. The third-order valence-electron chi connectivity index (χ3n) is 18.6. The molecule has 12 bridgehead atoms. The maximum atomic E-state index is 7.86. The van der Waals surface area contributed by atoms with Gasteiger partial charge in [0.2, 0.25) is 0 Å². The third kappa shape index (κ3) is 6.44. The summed E-state index contributed by atoms with van der Waals surface area (Å²) in [6.45, 7) is 0. The Balaban J connectivity index is 1.18. The van der Waals surface area contributed by atoms with Crippen LogP contribution in [0, 0.1) is 53.3 Å². The maximum Gasteiger partial charge on any atom is 0.177 e. The van der Waals surface area contributed by atoms with E-state index in [1.165, 1.54) is 93.7 Å². The van der Waals surface area contributed by atoms with Crippen molar-refractivity contribution in [3.8, 4) is 34.5 Å². The third-order valence-corrected chi connectivity index (χ3v) is 19.6. The minimum Gasteiger partial charge on any atom is -0.457 e. The molecule has 0 atom stereocenters. The Bertz CT molecular complexity index is 2450. The molecule has 0 spiro atoms. The van der Waals surface area contributed by atoms with Crippen LogP contribution < -0.4 is 31.4 Å². The zero-order chi connectivity index (χ0) is 42.6. The summed E-state index contributed by atoms with van der Waals surface area (Å²) in [7, 11) is 0. The molecule has 12 saturated carbocycles. The summed E-state index contributed by atoms with van der Waals surface area (Å²) < 4.78 is 23.2. The summed E-state index contributed by atoms with van der Waals surface area (Å²) >= 11 is 20.7. The van der Waals surface area contributed by atoms with Crippen LogP contribution in [0.1, 0.15) is 132 Å². The largest absolute Gasteiger partial charge is 0.457 e. The van der Waals surface area contributed by atoms with E-state index in [4.69, 9.17) is 66.2 Å². The number of rotatable bonds is 9. The molecule has 0 saturated heterocycles. The molecule has 0 amide bonds. The highest BCUT2D eigenvalue weighted by Crippen LogP contribution is 2.73. The highest BCUT2D eigenvalue weighted by Gasteiger charge is 2.62. The average Bonchev–Trinajstić information content (AvgIpc) is 3.21. The molecule has 0 aromatic heterocycles. The van der Waals surface area contributed by atoms with Gasteiger partial charge < -0.3 is 31.4 Å². The molecule has 63 heavy (non-hydrogen) atoms. The first kappa shape index (κ1) is 39.9. The highest BCUT2D eigenvalue weighted by atomic mass is 35.5. The average molecular weight is 905 g/mol. The van der Waals surface area contributed by atoms with Gasteiger partial charge in [-0.2, -0.15) is 0 Å². The lowest BCUT2D eigenvalue weighted by Crippen LogP contribution is -2.53. The van der Waals surface area contributed by atoms with Crippen molar-refractivity contribution in [2.24, 2.45) is 53.3 Å². The van der Waals surface area contributed by atoms with Gasteiger partial charge in [0.15, 0.2) is 11.5 Å². The first-order valence-electron chi connectivity index (χ1n) is 24.3. The minimum atomic E-state index is -0.178. The zero-order valence-electron chi connectivity index (χ0n) is 36.2. The quantitative estimate of drug-likeness (QED) is 0.145. The van der Waals surface area contributed by atoms with Gasteiger partial charge in [-0.3, -0.25) is 0 Å². The number of hydrogen-bond donors (Lipinski definition) is 3. The van der Waals surface area contributed by atoms with Crippen molar-refractivity contribution in [2.75, 3.05) is 17.2 Å². The van der Waals surface area contributed by atoms with Gasteiger partial charge >= 0.3 is 0 Å². The molecule has 0 unspecified atom stereocenters. The van der Waals surface area contributed by atoms with Gasteiger partial charge in [0.25, 0.3) is 0 Å². The van der Waals surface area contributed by atoms with E-state index in [1.54, 1.807) is 0 Å². The Morgan fingerprint density at radius 2 is 0.587 bits per heavy atom. The molecule has 16 rings (SSSR count). The molecular formula is C54H60Cl3N3O3. The van der Waals surface area contributed by atoms with E-state index in [2.05, 4.69) is 0 Å². The number of nitrogen functional groups attached to an aromatic ring is 3. The van der Waals surface area contributed by atoms with Crippen molar-refractivity contribution < 1.29 is 14.2 Å². The van der Waals surface area contributed by atoms with E-state index in [9.17, 15) is 0 Å².